The van der Waals surface area contributed by atoms with Gasteiger partial charge in [0.25, 0.3) is 0 Å². The molecule has 0 saturated carbocycles. The van der Waals surface area contributed by atoms with Gasteiger partial charge in [-0.15, -0.1) is 0 Å². The Kier molecular flexibility index (Phi) is 6.44. The van der Waals surface area contributed by atoms with Crippen LogP contribution < -0.4 is 10.6 Å². The summed E-state index contributed by atoms with van der Waals surface area (Å²) in [5.74, 6) is 0.122. The molecule has 3 heteroatoms. The van der Waals surface area contributed by atoms with Gasteiger partial charge in [-0.05, 0) is 25.5 Å². The second kappa shape index (κ2) is 7.88. The summed E-state index contributed by atoms with van der Waals surface area (Å²) in [4.78, 5) is 11.7. The summed E-state index contributed by atoms with van der Waals surface area (Å²) in [6.45, 7) is 7.12. The van der Waals surface area contributed by atoms with E-state index >= 15 is 0 Å². The quantitative estimate of drug-likeness (QED) is 0.728. The third kappa shape index (κ3) is 5.82. The first kappa shape index (κ1) is 14.7. The van der Waals surface area contributed by atoms with E-state index < -0.39 is 0 Å². The highest BCUT2D eigenvalue weighted by atomic mass is 16.1. The van der Waals surface area contributed by atoms with E-state index in [4.69, 9.17) is 0 Å². The van der Waals surface area contributed by atoms with Gasteiger partial charge < -0.3 is 10.6 Å². The normalized spacial score (nSPS) is 12.4. The van der Waals surface area contributed by atoms with Gasteiger partial charge in [-0.25, -0.2) is 0 Å². The fourth-order valence-electron chi connectivity index (χ4n) is 1.78. The molecule has 0 aliphatic rings. The van der Waals surface area contributed by atoms with Gasteiger partial charge >= 0.3 is 0 Å². The molecule has 18 heavy (non-hydrogen) atoms. The molecule has 1 aromatic carbocycles. The minimum atomic E-state index is 0.0803. The predicted molar refractivity (Wildman–Crippen MR) is 75.4 cm³/mol. The van der Waals surface area contributed by atoms with Crippen LogP contribution in [0.2, 0.25) is 0 Å². The van der Waals surface area contributed by atoms with Crippen LogP contribution in [0.5, 0.6) is 0 Å². The van der Waals surface area contributed by atoms with E-state index in [0.29, 0.717) is 12.5 Å². The van der Waals surface area contributed by atoms with Gasteiger partial charge in [-0.3, -0.25) is 4.79 Å². The van der Waals surface area contributed by atoms with E-state index in [1.54, 1.807) is 0 Å². The number of benzene rings is 1. The van der Waals surface area contributed by atoms with Gasteiger partial charge in [0, 0.05) is 12.5 Å². The van der Waals surface area contributed by atoms with Crippen LogP contribution in [0.1, 0.15) is 45.2 Å². The number of carbonyl (C=O) groups excluding carboxylic acids is 1. The van der Waals surface area contributed by atoms with Crippen LogP contribution in [0.4, 0.5) is 0 Å². The highest BCUT2D eigenvalue weighted by Gasteiger charge is 2.08. The molecular formula is C15H24N2O. The first-order chi connectivity index (χ1) is 8.59. The first-order valence-electron chi connectivity index (χ1n) is 6.67. The summed E-state index contributed by atoms with van der Waals surface area (Å²) in [5.41, 5.74) is 1.14. The summed E-state index contributed by atoms with van der Waals surface area (Å²) in [5, 5.41) is 6.32. The van der Waals surface area contributed by atoms with E-state index in [-0.39, 0.29) is 11.9 Å². The summed E-state index contributed by atoms with van der Waals surface area (Å²) < 4.78 is 0. The standard InChI is InChI=1S/C15H24N2O/c1-12(2)16-11-7-10-15(18)17-13(3)14-8-5-4-6-9-14/h4-6,8-9,12-13,16H,7,10-11H2,1-3H3,(H,17,18)/t13-/m1/s1. The molecule has 0 spiro atoms. The molecule has 1 aromatic rings. The summed E-state index contributed by atoms with van der Waals surface area (Å²) >= 11 is 0. The van der Waals surface area contributed by atoms with Crippen molar-refractivity contribution in [1.29, 1.82) is 0 Å². The van der Waals surface area contributed by atoms with Crippen LogP contribution in [0, 0.1) is 0 Å². The highest BCUT2D eigenvalue weighted by Crippen LogP contribution is 2.11. The Morgan fingerprint density at radius 2 is 1.83 bits per heavy atom. The first-order valence-corrected chi connectivity index (χ1v) is 6.67. The van der Waals surface area contributed by atoms with E-state index in [1.807, 2.05) is 37.3 Å². The Morgan fingerprint density at radius 1 is 1.17 bits per heavy atom. The van der Waals surface area contributed by atoms with Crippen LogP contribution in [0.3, 0.4) is 0 Å². The number of nitrogens with one attached hydrogen (secondary N) is 2. The second-order valence-electron chi connectivity index (χ2n) is 4.91. The number of rotatable bonds is 7. The monoisotopic (exact) mass is 248 g/mol. The summed E-state index contributed by atoms with van der Waals surface area (Å²) in [6, 6.07) is 10.6. The van der Waals surface area contributed by atoms with Crippen molar-refractivity contribution in [1.82, 2.24) is 10.6 Å². The Hall–Kier alpha value is -1.35. The number of amides is 1. The predicted octanol–water partition coefficient (Wildman–Crippen LogP) is 2.64. The molecule has 0 aliphatic carbocycles. The molecule has 3 nitrogen and oxygen atoms in total. The van der Waals surface area contributed by atoms with Gasteiger partial charge in [0.05, 0.1) is 6.04 Å². The minimum Gasteiger partial charge on any atom is -0.350 e. The van der Waals surface area contributed by atoms with Crippen molar-refractivity contribution in [2.75, 3.05) is 6.54 Å². The van der Waals surface area contributed by atoms with E-state index in [9.17, 15) is 4.79 Å². The Bertz CT molecular complexity index is 349. The molecule has 1 rings (SSSR count). The Balaban J connectivity index is 2.24. The average Bonchev–Trinajstić information content (AvgIpc) is 2.35. The molecule has 0 heterocycles. The summed E-state index contributed by atoms with van der Waals surface area (Å²) in [6.07, 6.45) is 1.46. The second-order valence-corrected chi connectivity index (χ2v) is 4.91. The molecule has 0 radical (unpaired) electrons. The highest BCUT2D eigenvalue weighted by molar-refractivity contribution is 5.76. The Morgan fingerprint density at radius 3 is 2.44 bits per heavy atom. The maximum Gasteiger partial charge on any atom is 0.220 e. The van der Waals surface area contributed by atoms with Crippen LogP contribution >= 0.6 is 0 Å². The smallest absolute Gasteiger partial charge is 0.220 e. The molecule has 1 atom stereocenters. The topological polar surface area (TPSA) is 41.1 Å². The van der Waals surface area contributed by atoms with Gasteiger partial charge in [0.1, 0.15) is 0 Å². The fourth-order valence-corrected chi connectivity index (χ4v) is 1.78. The lowest BCUT2D eigenvalue weighted by atomic mass is 10.1. The van der Waals surface area contributed by atoms with Crippen molar-refractivity contribution in [3.63, 3.8) is 0 Å². The fraction of sp³-hybridized carbons (Fsp3) is 0.533. The molecule has 0 aliphatic heterocycles. The lowest BCUT2D eigenvalue weighted by Gasteiger charge is -2.14. The SMILES string of the molecule is CC(C)NCCCC(=O)N[C@H](C)c1ccccc1. The van der Waals surface area contributed by atoms with Gasteiger partial charge in [0.15, 0.2) is 0 Å². The van der Waals surface area contributed by atoms with Gasteiger partial charge in [-0.1, -0.05) is 44.2 Å². The maximum absolute atomic E-state index is 11.7. The molecule has 1 amide bonds. The van der Waals surface area contributed by atoms with E-state index in [0.717, 1.165) is 18.5 Å². The molecule has 0 fully saturated rings. The van der Waals surface area contributed by atoms with Crippen molar-refractivity contribution in [3.8, 4) is 0 Å². The zero-order valence-corrected chi connectivity index (χ0v) is 11.6. The lowest BCUT2D eigenvalue weighted by Crippen LogP contribution is -2.28. The lowest BCUT2D eigenvalue weighted by molar-refractivity contribution is -0.121. The van der Waals surface area contributed by atoms with Crippen molar-refractivity contribution in [3.05, 3.63) is 35.9 Å². The van der Waals surface area contributed by atoms with Crippen molar-refractivity contribution in [2.24, 2.45) is 0 Å². The molecule has 0 bridgehead atoms. The molecule has 2 N–H and O–H groups in total. The Labute approximate surface area is 110 Å². The maximum atomic E-state index is 11.7. The van der Waals surface area contributed by atoms with E-state index in [2.05, 4.69) is 24.5 Å². The van der Waals surface area contributed by atoms with Crippen LogP contribution in [0.15, 0.2) is 30.3 Å². The van der Waals surface area contributed by atoms with Gasteiger partial charge in [-0.2, -0.15) is 0 Å². The van der Waals surface area contributed by atoms with Crippen molar-refractivity contribution >= 4 is 5.91 Å². The zero-order valence-electron chi connectivity index (χ0n) is 11.6. The van der Waals surface area contributed by atoms with Crippen LogP contribution in [-0.2, 0) is 4.79 Å². The third-order valence-electron chi connectivity index (χ3n) is 2.81. The number of hydrogen-bond donors (Lipinski definition) is 2. The molecule has 100 valence electrons. The minimum absolute atomic E-state index is 0.0803. The van der Waals surface area contributed by atoms with Crippen LogP contribution in [-0.4, -0.2) is 18.5 Å². The molecular weight excluding hydrogens is 224 g/mol. The largest absolute Gasteiger partial charge is 0.350 e. The van der Waals surface area contributed by atoms with Gasteiger partial charge in [0.2, 0.25) is 5.91 Å². The third-order valence-corrected chi connectivity index (χ3v) is 2.81. The van der Waals surface area contributed by atoms with Crippen molar-refractivity contribution < 1.29 is 4.79 Å². The molecule has 0 aromatic heterocycles. The number of hydrogen-bond acceptors (Lipinski definition) is 2. The average molecular weight is 248 g/mol. The number of carbonyl (C=O) groups is 1. The van der Waals surface area contributed by atoms with E-state index in [1.165, 1.54) is 0 Å². The van der Waals surface area contributed by atoms with Crippen molar-refractivity contribution in [2.45, 2.75) is 45.7 Å². The summed E-state index contributed by atoms with van der Waals surface area (Å²) in [7, 11) is 0. The zero-order chi connectivity index (χ0) is 13.4. The molecule has 0 saturated heterocycles. The molecule has 0 unspecified atom stereocenters. The van der Waals surface area contributed by atoms with Crippen LogP contribution in [0.25, 0.3) is 0 Å².